The number of aromatic nitrogens is 5. The Morgan fingerprint density at radius 2 is 0.932 bits per heavy atom. The Hall–Kier alpha value is -10.0. The van der Waals surface area contributed by atoms with Crippen molar-refractivity contribution >= 4 is 164 Å². The first-order valence-electron chi connectivity index (χ1n) is 32.3. The van der Waals surface area contributed by atoms with Crippen LogP contribution >= 0.6 is 22.7 Å². The number of anilines is 11. The topological polar surface area (TPSA) is 433 Å². The third-order valence-electron chi connectivity index (χ3n) is 15.9. The second kappa shape index (κ2) is 35.2. The van der Waals surface area contributed by atoms with E-state index in [0.717, 1.165) is 34.8 Å². The Balaban J connectivity index is 1.14. The molecule has 2 fully saturated rings. The molecule has 3 aromatic heterocycles. The van der Waals surface area contributed by atoms with Crippen LogP contribution in [-0.2, 0) is 48.9 Å². The van der Waals surface area contributed by atoms with Crippen LogP contribution < -0.4 is 55.2 Å². The molecule has 9 rings (SSSR count). The maximum Gasteiger partial charge on any atom is 0.296 e. The van der Waals surface area contributed by atoms with Gasteiger partial charge in [-0.15, -0.1) is 20.5 Å². The number of para-hydroxylation sites is 2. The summed E-state index contributed by atoms with van der Waals surface area (Å²) in [4.78, 5) is 87.5. The van der Waals surface area contributed by atoms with E-state index in [1.165, 1.54) is 76.6 Å². The first-order chi connectivity index (χ1) is 49.4. The lowest BCUT2D eigenvalue weighted by molar-refractivity contribution is -0.120. The summed E-state index contributed by atoms with van der Waals surface area (Å²) in [6.07, 6.45) is 2.65. The first-order valence-corrected chi connectivity index (χ1v) is 36.9. The zero-order valence-corrected chi connectivity index (χ0v) is 60.7. The summed E-state index contributed by atoms with van der Waals surface area (Å²) in [5, 5.41) is 51.1. The van der Waals surface area contributed by atoms with E-state index in [0.29, 0.717) is 123 Å². The molecule has 34 nitrogen and oxygen atoms in total. The van der Waals surface area contributed by atoms with Crippen molar-refractivity contribution in [2.75, 3.05) is 165 Å². The highest BCUT2D eigenvalue weighted by molar-refractivity contribution is 7.86. The second-order valence-electron chi connectivity index (χ2n) is 22.4. The van der Waals surface area contributed by atoms with Crippen LogP contribution in [0, 0.1) is 0 Å². The van der Waals surface area contributed by atoms with Crippen LogP contribution in [0.4, 0.5) is 85.2 Å². The maximum absolute atomic E-state index is 13.9. The molecule has 0 spiro atoms. The van der Waals surface area contributed by atoms with Gasteiger partial charge in [0.15, 0.2) is 11.6 Å². The molecule has 0 saturated carbocycles. The zero-order valence-electron chi connectivity index (χ0n) is 57.5. The van der Waals surface area contributed by atoms with Crippen LogP contribution in [0.1, 0.15) is 51.3 Å². The molecule has 0 atom stereocenters. The SMILES string of the molecule is CCN(CC)c1cc(Nc2nc(Nc3cc(N(CC)CC)c(OC)cc3/N=N/c3nc(N4CCOCC4)c(/C=C(\C(C)=O)C(=O)Nc4ccccc4S(=O)(=O)O)s3)nc(N(CCO)CCO)n2)c(/N=N/c2nc(N3CCOCC3)c(/C=C(/C(C)=O)C(=O)Nc3ccccc3S(=O)(=O)O)s2)cc1OC. The molecule has 548 valence electrons. The Kier molecular flexibility index (Phi) is 26.4. The molecule has 0 bridgehead atoms. The molecule has 0 radical (unpaired) electrons. The van der Waals surface area contributed by atoms with Crippen LogP contribution in [0.3, 0.4) is 0 Å². The number of aliphatic hydroxyl groups is 2. The van der Waals surface area contributed by atoms with E-state index in [1.54, 1.807) is 29.2 Å². The summed E-state index contributed by atoms with van der Waals surface area (Å²) in [7, 11) is -6.55. The number of rotatable bonds is 33. The monoisotopic (exact) mass is 1490 g/mol. The fourth-order valence-corrected chi connectivity index (χ4v) is 13.8. The number of Topliss-reactive ketones (excluding diaryl/α,β-unsaturated/α-hetero) is 2. The van der Waals surface area contributed by atoms with Crippen LogP contribution in [0.2, 0.25) is 0 Å². The van der Waals surface area contributed by atoms with Gasteiger partial charge in [0.25, 0.3) is 32.1 Å². The van der Waals surface area contributed by atoms with Gasteiger partial charge in [-0.2, -0.15) is 41.8 Å². The fourth-order valence-electron chi connectivity index (χ4n) is 10.8. The van der Waals surface area contributed by atoms with Crippen molar-refractivity contribution in [1.82, 2.24) is 24.9 Å². The maximum atomic E-state index is 13.9. The van der Waals surface area contributed by atoms with Gasteiger partial charge < -0.3 is 74.9 Å². The van der Waals surface area contributed by atoms with Gasteiger partial charge in [0, 0.05) is 77.6 Å². The van der Waals surface area contributed by atoms with Gasteiger partial charge >= 0.3 is 0 Å². The average Bonchev–Trinajstić information content (AvgIpc) is 1.58. The number of azo groups is 2. The van der Waals surface area contributed by atoms with Crippen LogP contribution in [0.5, 0.6) is 11.5 Å². The molecule has 5 heterocycles. The minimum absolute atomic E-state index is 0.00457. The number of nitrogens with one attached hydrogen (secondary N) is 4. The summed E-state index contributed by atoms with van der Waals surface area (Å²) >= 11 is 1.99. The lowest BCUT2D eigenvalue weighted by atomic mass is 10.1. The highest BCUT2D eigenvalue weighted by atomic mass is 32.2. The van der Waals surface area contributed by atoms with E-state index in [2.05, 4.69) is 31.5 Å². The summed E-state index contributed by atoms with van der Waals surface area (Å²) in [6.45, 7) is 14.5. The largest absolute Gasteiger partial charge is 0.494 e. The number of amides is 2. The molecule has 2 amide bonds. The molecule has 103 heavy (non-hydrogen) atoms. The van der Waals surface area contributed by atoms with Gasteiger partial charge in [-0.25, -0.2) is 0 Å². The molecule has 0 aliphatic carbocycles. The molecular formula is C65H78N18O16S4. The number of methoxy groups -OCH3 is 2. The molecular weight excluding hydrogens is 1420 g/mol. The van der Waals surface area contributed by atoms with Gasteiger partial charge in [-0.3, -0.25) is 28.3 Å². The number of aliphatic hydroxyl groups excluding tert-OH is 2. The van der Waals surface area contributed by atoms with Crippen molar-refractivity contribution in [3.05, 3.63) is 93.7 Å². The number of benzene rings is 4. The van der Waals surface area contributed by atoms with E-state index < -0.39 is 53.4 Å². The predicted molar refractivity (Wildman–Crippen MR) is 392 cm³/mol. The summed E-state index contributed by atoms with van der Waals surface area (Å²) in [5.41, 5.74) is 0.940. The Morgan fingerprint density at radius 1 is 0.553 bits per heavy atom. The number of hydrogen-bond donors (Lipinski definition) is 8. The molecule has 2 aliphatic heterocycles. The lowest BCUT2D eigenvalue weighted by Gasteiger charge is -2.27. The van der Waals surface area contributed by atoms with Gasteiger partial charge in [0.1, 0.15) is 44.3 Å². The number of ether oxygens (including phenoxy) is 4. The Bertz CT molecular complexity index is 4330. The highest BCUT2D eigenvalue weighted by Gasteiger charge is 2.29. The summed E-state index contributed by atoms with van der Waals surface area (Å²) < 4.78 is 92.0. The van der Waals surface area contributed by atoms with Crippen LogP contribution in [0.15, 0.2) is 114 Å². The van der Waals surface area contributed by atoms with Crippen molar-refractivity contribution in [3.8, 4) is 11.5 Å². The normalized spacial score (nSPS) is 13.9. The Labute approximate surface area is 601 Å². The number of thiazole rings is 2. The molecule has 38 heteroatoms. The van der Waals surface area contributed by atoms with Crippen molar-refractivity contribution in [3.63, 3.8) is 0 Å². The Morgan fingerprint density at radius 3 is 1.27 bits per heavy atom. The van der Waals surface area contributed by atoms with Crippen molar-refractivity contribution in [2.45, 2.75) is 51.3 Å². The van der Waals surface area contributed by atoms with Crippen molar-refractivity contribution < 1.29 is 74.3 Å². The average molecular weight is 1500 g/mol. The number of carbonyl (C=O) groups excluding carboxylic acids is 4. The van der Waals surface area contributed by atoms with Gasteiger partial charge in [0.05, 0.1) is 109 Å². The highest BCUT2D eigenvalue weighted by Crippen LogP contribution is 2.45. The van der Waals surface area contributed by atoms with E-state index in [-0.39, 0.29) is 99.7 Å². The van der Waals surface area contributed by atoms with E-state index >= 15 is 0 Å². The van der Waals surface area contributed by atoms with Gasteiger partial charge in [0.2, 0.25) is 28.1 Å². The number of ketones is 2. The molecule has 2 saturated heterocycles. The molecule has 4 aromatic carbocycles. The molecule has 8 N–H and O–H groups in total. The minimum atomic E-state index is -4.78. The predicted octanol–water partition coefficient (Wildman–Crippen LogP) is 8.99. The first kappa shape index (κ1) is 77.1. The van der Waals surface area contributed by atoms with Crippen molar-refractivity contribution in [1.29, 1.82) is 0 Å². The smallest absolute Gasteiger partial charge is 0.296 e. The molecule has 0 unspecified atom stereocenters. The number of carbonyl (C=O) groups is 4. The van der Waals surface area contributed by atoms with Crippen molar-refractivity contribution in [2.24, 2.45) is 20.5 Å². The second-order valence-corrected chi connectivity index (χ2v) is 27.2. The van der Waals surface area contributed by atoms with E-state index in [4.69, 9.17) is 54.1 Å². The zero-order chi connectivity index (χ0) is 74.1. The third-order valence-corrected chi connectivity index (χ3v) is 19.5. The van der Waals surface area contributed by atoms with Gasteiger partial charge in [-0.1, -0.05) is 46.9 Å². The van der Waals surface area contributed by atoms with E-state index in [1.807, 2.05) is 47.3 Å². The standard InChI is InChI=1S/C65H78N18O16S4/c1-9-79(10-2)49-35-45(47(37-51(49)96-7)75-77-64-70-57(81-23-29-98-30-24-81)53(100-64)33-41(39(5)86)59(88)66-43-17-13-15-19-55(43)102(90,91)92)68-61-72-62(74-63(73-61)83(21-27-84)22-28-85)69-46-36-50(80(11-3)12-4)52(97-8)38-48(46)76-78-65-71-58(82-25-31-99-32-26-82)54(101-65)34-42(40(6)87)60(89)67-44-18-14-16-20-56(44)103(93,94)95/h13-20,33-38,84-85H,9-12,21-32H2,1-8H3,(H,66,88)(H,67,89)(H,90,91,92)(H,93,94,95)(H2,68,69,72,73,74)/b41-33-,42-34+,77-75+,78-76+. The summed E-state index contributed by atoms with van der Waals surface area (Å²) in [5.74, 6) is -1.91. The minimum Gasteiger partial charge on any atom is -0.494 e. The summed E-state index contributed by atoms with van der Waals surface area (Å²) in [6, 6.07) is 17.2. The third kappa shape index (κ3) is 19.4. The number of morpholine rings is 2. The van der Waals surface area contributed by atoms with Crippen LogP contribution in [-0.4, -0.2) is 204 Å². The lowest BCUT2D eigenvalue weighted by Crippen LogP contribution is -2.36. The molecule has 2 aliphatic rings. The number of hydrogen-bond acceptors (Lipinski definition) is 32. The number of nitrogens with zero attached hydrogens (tertiary/aromatic N) is 14. The van der Waals surface area contributed by atoms with Gasteiger partial charge in [-0.05, 0) is 90.1 Å². The fraction of sp³-hybridized carbons (Fsp3) is 0.369. The molecule has 7 aromatic rings. The van der Waals surface area contributed by atoms with Crippen LogP contribution in [0.25, 0.3) is 12.2 Å². The van der Waals surface area contributed by atoms with E-state index in [9.17, 15) is 55.3 Å². The quantitative estimate of drug-likeness (QED) is 0.00625.